The van der Waals surface area contributed by atoms with Crippen LogP contribution < -0.4 is 11.1 Å². The van der Waals surface area contributed by atoms with E-state index < -0.39 is 0 Å². The zero-order chi connectivity index (χ0) is 12.1. The summed E-state index contributed by atoms with van der Waals surface area (Å²) in [7, 11) is 1.73. The molecule has 0 aromatic heterocycles. The smallest absolute Gasteiger partial charge is 0.213 e. The summed E-state index contributed by atoms with van der Waals surface area (Å²) in [5.74, 6) is 1.45. The van der Waals surface area contributed by atoms with Crippen molar-refractivity contribution in [1.82, 2.24) is 5.32 Å². The number of hydrogen-bond donors (Lipinski definition) is 2. The summed E-state index contributed by atoms with van der Waals surface area (Å²) < 4.78 is 5.43. The second-order valence-electron chi connectivity index (χ2n) is 3.85. The third kappa shape index (κ3) is 3.29. The van der Waals surface area contributed by atoms with Crippen molar-refractivity contribution in [1.29, 1.82) is 0 Å². The second-order valence-corrected chi connectivity index (χ2v) is 3.85. The van der Waals surface area contributed by atoms with Crippen LogP contribution in [0.15, 0.2) is 27.7 Å². The van der Waals surface area contributed by atoms with Gasteiger partial charge in [-0.2, -0.15) is 0 Å². The molecule has 0 unspecified atom stereocenters. The lowest BCUT2D eigenvalue weighted by Crippen LogP contribution is -2.21. The maximum absolute atomic E-state index is 5.89. The minimum absolute atomic E-state index is 0.619. The van der Waals surface area contributed by atoms with E-state index in [-0.39, 0.29) is 0 Å². The van der Waals surface area contributed by atoms with Gasteiger partial charge in [0.2, 0.25) is 5.90 Å². The molecule has 1 aliphatic rings. The number of ether oxygens (including phenoxy) is 1. The third-order valence-corrected chi connectivity index (χ3v) is 2.57. The maximum atomic E-state index is 5.89. The first-order chi connectivity index (χ1) is 7.60. The van der Waals surface area contributed by atoms with Crippen LogP contribution in [-0.4, -0.2) is 19.6 Å². The number of aliphatic imine (C=N–C) groups is 1. The molecule has 16 heavy (non-hydrogen) atoms. The highest BCUT2D eigenvalue weighted by Gasteiger charge is 2.16. The minimum Gasteiger partial charge on any atom is -0.478 e. The highest BCUT2D eigenvalue weighted by Crippen LogP contribution is 2.28. The molecule has 0 bridgehead atoms. The Balaban J connectivity index is 2.74. The fraction of sp³-hybridized carbons (Fsp3) is 0.583. The molecule has 0 amide bonds. The predicted molar refractivity (Wildman–Crippen MR) is 66.9 cm³/mol. The summed E-state index contributed by atoms with van der Waals surface area (Å²) in [6, 6.07) is 0. The summed E-state index contributed by atoms with van der Waals surface area (Å²) in [6.07, 6.45) is 2.23. The molecule has 0 radical (unpaired) electrons. The highest BCUT2D eigenvalue weighted by molar-refractivity contribution is 5.93. The largest absolute Gasteiger partial charge is 0.478 e. The molecule has 1 saturated carbocycles. The van der Waals surface area contributed by atoms with Crippen molar-refractivity contribution in [3.8, 4) is 0 Å². The first kappa shape index (κ1) is 12.6. The summed E-state index contributed by atoms with van der Waals surface area (Å²) in [5.41, 5.74) is 9.18. The Morgan fingerprint density at radius 2 is 2.06 bits per heavy atom. The summed E-state index contributed by atoms with van der Waals surface area (Å²) in [4.78, 5) is 4.11. The maximum Gasteiger partial charge on any atom is 0.213 e. The lowest BCUT2D eigenvalue weighted by molar-refractivity contribution is 0.326. The molecular weight excluding hydrogens is 202 g/mol. The standard InChI is InChI=1S/C12H21N3O/c1-5-16-12(14-4)8(2)9(3)15-11(13)10-6-7-10/h15H,5-7,13H2,1-4H3/b9-8+,14-12+. The van der Waals surface area contributed by atoms with Crippen LogP contribution in [0.4, 0.5) is 0 Å². The zero-order valence-corrected chi connectivity index (χ0v) is 10.6. The van der Waals surface area contributed by atoms with Crippen LogP contribution in [0.2, 0.25) is 0 Å². The summed E-state index contributed by atoms with van der Waals surface area (Å²) >= 11 is 0. The first-order valence-corrected chi connectivity index (χ1v) is 5.62. The van der Waals surface area contributed by atoms with E-state index in [2.05, 4.69) is 10.3 Å². The van der Waals surface area contributed by atoms with Gasteiger partial charge in [0.1, 0.15) is 0 Å². The van der Waals surface area contributed by atoms with Gasteiger partial charge in [0.25, 0.3) is 0 Å². The van der Waals surface area contributed by atoms with Crippen LogP contribution >= 0.6 is 0 Å². The van der Waals surface area contributed by atoms with Crippen LogP contribution in [0, 0.1) is 0 Å². The number of nitrogens with one attached hydrogen (secondary N) is 1. The Bertz CT molecular complexity index is 347. The molecule has 0 atom stereocenters. The van der Waals surface area contributed by atoms with E-state index in [9.17, 15) is 0 Å². The van der Waals surface area contributed by atoms with Crippen LogP contribution in [0.3, 0.4) is 0 Å². The second kappa shape index (κ2) is 5.58. The van der Waals surface area contributed by atoms with E-state index in [0.717, 1.165) is 29.9 Å². The van der Waals surface area contributed by atoms with Crippen LogP contribution in [-0.2, 0) is 4.74 Å². The molecule has 0 aromatic carbocycles. The monoisotopic (exact) mass is 223 g/mol. The predicted octanol–water partition coefficient (Wildman–Crippen LogP) is 1.90. The molecule has 90 valence electrons. The normalized spacial score (nSPS) is 16.8. The SMILES string of the molecule is CCOC(=N/C)/C(C)=C(\C)NC(N)=C1CC1. The lowest BCUT2D eigenvalue weighted by atomic mass is 10.2. The Morgan fingerprint density at radius 1 is 1.44 bits per heavy atom. The average Bonchev–Trinajstić information content (AvgIpc) is 3.08. The van der Waals surface area contributed by atoms with Gasteiger partial charge in [-0.25, -0.2) is 0 Å². The minimum atomic E-state index is 0.619. The summed E-state index contributed by atoms with van der Waals surface area (Å²) in [6.45, 7) is 6.52. The molecule has 1 aliphatic carbocycles. The first-order valence-electron chi connectivity index (χ1n) is 5.62. The van der Waals surface area contributed by atoms with Gasteiger partial charge in [-0.1, -0.05) is 0 Å². The molecule has 1 rings (SSSR count). The van der Waals surface area contributed by atoms with E-state index in [0.29, 0.717) is 12.5 Å². The Hall–Kier alpha value is -1.45. The van der Waals surface area contributed by atoms with Crippen LogP contribution in [0.1, 0.15) is 33.6 Å². The van der Waals surface area contributed by atoms with Gasteiger partial charge in [-0.3, -0.25) is 4.99 Å². The molecule has 0 saturated heterocycles. The van der Waals surface area contributed by atoms with Crippen molar-refractivity contribution in [3.63, 3.8) is 0 Å². The van der Waals surface area contributed by atoms with Crippen LogP contribution in [0.5, 0.6) is 0 Å². The van der Waals surface area contributed by atoms with Gasteiger partial charge in [-0.05, 0) is 39.2 Å². The fourth-order valence-corrected chi connectivity index (χ4v) is 1.35. The van der Waals surface area contributed by atoms with Crippen molar-refractivity contribution < 1.29 is 4.74 Å². The average molecular weight is 223 g/mol. The van der Waals surface area contributed by atoms with Gasteiger partial charge in [0, 0.05) is 18.3 Å². The molecule has 1 fully saturated rings. The fourth-order valence-electron chi connectivity index (χ4n) is 1.35. The van der Waals surface area contributed by atoms with Crippen molar-refractivity contribution in [2.24, 2.45) is 10.7 Å². The molecule has 3 N–H and O–H groups in total. The number of nitrogens with two attached hydrogens (primary N) is 1. The molecule has 0 aliphatic heterocycles. The number of allylic oxidation sites excluding steroid dienone is 2. The van der Waals surface area contributed by atoms with E-state index in [4.69, 9.17) is 10.5 Å². The molecule has 0 spiro atoms. The lowest BCUT2D eigenvalue weighted by Gasteiger charge is -2.13. The third-order valence-electron chi connectivity index (χ3n) is 2.57. The molecule has 0 heterocycles. The molecular formula is C12H21N3O. The Morgan fingerprint density at radius 3 is 2.50 bits per heavy atom. The van der Waals surface area contributed by atoms with Crippen LogP contribution in [0.25, 0.3) is 0 Å². The van der Waals surface area contributed by atoms with E-state index in [1.165, 1.54) is 5.57 Å². The summed E-state index contributed by atoms with van der Waals surface area (Å²) in [5, 5.41) is 3.19. The van der Waals surface area contributed by atoms with E-state index >= 15 is 0 Å². The topological polar surface area (TPSA) is 59.6 Å². The van der Waals surface area contributed by atoms with Gasteiger partial charge in [0.05, 0.1) is 12.4 Å². The number of rotatable bonds is 4. The number of hydrogen-bond acceptors (Lipinski definition) is 4. The zero-order valence-electron chi connectivity index (χ0n) is 10.6. The molecule has 4 nitrogen and oxygen atoms in total. The van der Waals surface area contributed by atoms with Gasteiger partial charge in [0.15, 0.2) is 0 Å². The van der Waals surface area contributed by atoms with E-state index in [1.54, 1.807) is 7.05 Å². The van der Waals surface area contributed by atoms with Gasteiger partial charge in [-0.15, -0.1) is 0 Å². The Kier molecular flexibility index (Phi) is 4.40. The number of nitrogens with zero attached hydrogens (tertiary/aromatic N) is 1. The van der Waals surface area contributed by atoms with Crippen molar-refractivity contribution >= 4 is 5.90 Å². The van der Waals surface area contributed by atoms with Crippen molar-refractivity contribution in [2.45, 2.75) is 33.6 Å². The highest BCUT2D eigenvalue weighted by atomic mass is 16.5. The van der Waals surface area contributed by atoms with E-state index in [1.807, 2.05) is 20.8 Å². The van der Waals surface area contributed by atoms with Gasteiger partial charge >= 0.3 is 0 Å². The molecule has 4 heteroatoms. The Labute approximate surface area is 97.3 Å². The quantitative estimate of drug-likeness (QED) is 0.565. The van der Waals surface area contributed by atoms with Gasteiger partial charge < -0.3 is 15.8 Å². The van der Waals surface area contributed by atoms with Crippen molar-refractivity contribution in [3.05, 3.63) is 22.7 Å². The molecule has 0 aromatic rings. The van der Waals surface area contributed by atoms with Crippen molar-refractivity contribution in [2.75, 3.05) is 13.7 Å².